The van der Waals surface area contributed by atoms with E-state index in [4.69, 9.17) is 13.6 Å². The number of hydrogen-bond donors (Lipinski definition) is 1. The first kappa shape index (κ1) is 19.5. The number of benzene rings is 1. The first-order valence-electron chi connectivity index (χ1n) is 9.31. The highest BCUT2D eigenvalue weighted by atomic mass is 16.6. The summed E-state index contributed by atoms with van der Waals surface area (Å²) in [5.41, 5.74) is 2.17. The number of carbonyl (C=O) groups excluding carboxylic acids is 1. The molecule has 28 heavy (non-hydrogen) atoms. The largest absolute Gasteiger partial charge is 0.467 e. The van der Waals surface area contributed by atoms with Crippen LogP contribution >= 0.6 is 0 Å². The molecule has 0 saturated carbocycles. The van der Waals surface area contributed by atoms with E-state index >= 15 is 0 Å². The average Bonchev–Trinajstić information content (AvgIpc) is 3.35. The predicted octanol–water partition coefficient (Wildman–Crippen LogP) is 6.14. The topological polar surface area (TPSA) is 64.6 Å². The smallest absolute Gasteiger partial charge is 0.290 e. The zero-order valence-corrected chi connectivity index (χ0v) is 16.4. The zero-order valence-electron chi connectivity index (χ0n) is 16.4. The van der Waals surface area contributed by atoms with Crippen LogP contribution in [0.4, 0.5) is 0 Å². The molecule has 0 fully saturated rings. The lowest BCUT2D eigenvalue weighted by Gasteiger charge is -2.13. The van der Waals surface area contributed by atoms with Gasteiger partial charge in [-0.1, -0.05) is 32.1 Å². The molecule has 0 saturated heterocycles. The van der Waals surface area contributed by atoms with Crippen molar-refractivity contribution in [1.29, 1.82) is 0 Å². The number of ether oxygens (including phenoxy) is 1. The Morgan fingerprint density at radius 2 is 2.07 bits per heavy atom. The van der Waals surface area contributed by atoms with Gasteiger partial charge in [0.25, 0.3) is 11.9 Å². The van der Waals surface area contributed by atoms with Gasteiger partial charge in [0, 0.05) is 6.07 Å². The standard InChI is InChI=1S/C23H25NO4/c1-5-7-18(19-8-6-13-26-19)24-23(25)20-11-12-22(27-20)28-21-14-17(15(2)3)10-9-16(21)4/h5-6,8-15,18H,1,7H2,2-4H3,(H,24,25). The number of nitrogens with one attached hydrogen (secondary N) is 1. The van der Waals surface area contributed by atoms with Crippen LogP contribution in [0.15, 0.2) is 70.2 Å². The number of furan rings is 2. The Hall–Kier alpha value is -3.21. The summed E-state index contributed by atoms with van der Waals surface area (Å²) in [6.45, 7) is 9.96. The Balaban J connectivity index is 1.72. The van der Waals surface area contributed by atoms with Crippen molar-refractivity contribution in [3.8, 4) is 11.7 Å². The molecular formula is C23H25NO4. The Bertz CT molecular complexity index is 937. The van der Waals surface area contributed by atoms with Crippen LogP contribution in [0.2, 0.25) is 0 Å². The maximum atomic E-state index is 12.6. The van der Waals surface area contributed by atoms with Gasteiger partial charge in [0.15, 0.2) is 5.76 Å². The van der Waals surface area contributed by atoms with E-state index < -0.39 is 0 Å². The van der Waals surface area contributed by atoms with Crippen LogP contribution in [0.25, 0.3) is 0 Å². The number of rotatable bonds is 8. The SMILES string of the molecule is C=CCC(NC(=O)c1ccc(Oc2cc(C(C)C)ccc2C)o1)c1ccco1. The second-order valence-corrected chi connectivity index (χ2v) is 6.97. The second kappa shape index (κ2) is 8.65. The summed E-state index contributed by atoms with van der Waals surface area (Å²) < 4.78 is 16.9. The van der Waals surface area contributed by atoms with Crippen molar-refractivity contribution < 1.29 is 18.4 Å². The molecule has 3 aromatic rings. The number of amides is 1. The van der Waals surface area contributed by atoms with Crippen LogP contribution in [0.1, 0.15) is 59.7 Å². The maximum absolute atomic E-state index is 12.6. The third-order valence-corrected chi connectivity index (χ3v) is 4.49. The molecule has 0 aliphatic heterocycles. The summed E-state index contributed by atoms with van der Waals surface area (Å²) in [7, 11) is 0. The first-order chi connectivity index (χ1) is 13.5. The molecule has 3 rings (SSSR count). The summed E-state index contributed by atoms with van der Waals surface area (Å²) in [4.78, 5) is 12.6. The molecule has 0 radical (unpaired) electrons. The van der Waals surface area contributed by atoms with Crippen molar-refractivity contribution in [3.63, 3.8) is 0 Å². The van der Waals surface area contributed by atoms with Gasteiger partial charge >= 0.3 is 0 Å². The van der Waals surface area contributed by atoms with Crippen molar-refractivity contribution in [2.75, 3.05) is 0 Å². The summed E-state index contributed by atoms with van der Waals surface area (Å²) in [5, 5.41) is 2.90. The lowest BCUT2D eigenvalue weighted by molar-refractivity contribution is 0.0899. The van der Waals surface area contributed by atoms with E-state index in [1.165, 1.54) is 5.56 Å². The Morgan fingerprint density at radius 3 is 2.75 bits per heavy atom. The molecule has 0 aliphatic carbocycles. The molecule has 1 aromatic carbocycles. The van der Waals surface area contributed by atoms with Crippen molar-refractivity contribution in [1.82, 2.24) is 5.32 Å². The first-order valence-corrected chi connectivity index (χ1v) is 9.31. The van der Waals surface area contributed by atoms with Crippen LogP contribution in [-0.2, 0) is 0 Å². The third kappa shape index (κ3) is 4.55. The van der Waals surface area contributed by atoms with Gasteiger partial charge in [0.05, 0.1) is 12.3 Å². The Kier molecular flexibility index (Phi) is 6.04. The summed E-state index contributed by atoms with van der Waals surface area (Å²) >= 11 is 0. The number of aryl methyl sites for hydroxylation is 1. The molecule has 146 valence electrons. The van der Waals surface area contributed by atoms with Gasteiger partial charge < -0.3 is 18.9 Å². The number of hydrogen-bond acceptors (Lipinski definition) is 4. The molecule has 0 aliphatic rings. The van der Waals surface area contributed by atoms with Crippen LogP contribution in [0, 0.1) is 6.92 Å². The van der Waals surface area contributed by atoms with Gasteiger partial charge in [-0.3, -0.25) is 4.79 Å². The molecule has 1 atom stereocenters. The van der Waals surface area contributed by atoms with Crippen molar-refractivity contribution in [2.45, 2.75) is 39.2 Å². The second-order valence-electron chi connectivity index (χ2n) is 6.97. The van der Waals surface area contributed by atoms with Gasteiger partial charge in [0.1, 0.15) is 11.5 Å². The lowest BCUT2D eigenvalue weighted by atomic mass is 10.0. The fourth-order valence-corrected chi connectivity index (χ4v) is 2.82. The van der Waals surface area contributed by atoms with E-state index in [-0.39, 0.29) is 23.7 Å². The fraction of sp³-hybridized carbons (Fsp3) is 0.261. The lowest BCUT2D eigenvalue weighted by Crippen LogP contribution is -2.27. The van der Waals surface area contributed by atoms with E-state index in [9.17, 15) is 4.79 Å². The van der Waals surface area contributed by atoms with Gasteiger partial charge in [-0.15, -0.1) is 6.58 Å². The quantitative estimate of drug-likeness (QED) is 0.477. The van der Waals surface area contributed by atoms with Crippen LogP contribution in [-0.4, -0.2) is 5.91 Å². The zero-order chi connectivity index (χ0) is 20.1. The van der Waals surface area contributed by atoms with E-state index in [1.54, 1.807) is 30.5 Å². The molecular weight excluding hydrogens is 354 g/mol. The molecule has 1 amide bonds. The van der Waals surface area contributed by atoms with Gasteiger partial charge in [-0.05, 0) is 54.7 Å². The molecule has 5 nitrogen and oxygen atoms in total. The van der Waals surface area contributed by atoms with Gasteiger partial charge in [0.2, 0.25) is 0 Å². The van der Waals surface area contributed by atoms with Crippen molar-refractivity contribution in [3.05, 3.63) is 84.0 Å². The van der Waals surface area contributed by atoms with Crippen LogP contribution < -0.4 is 10.1 Å². The highest BCUT2D eigenvalue weighted by molar-refractivity contribution is 5.91. The Labute approximate surface area is 165 Å². The van der Waals surface area contributed by atoms with E-state index in [0.29, 0.717) is 23.8 Å². The molecule has 5 heteroatoms. The molecule has 0 bridgehead atoms. The molecule has 1 N–H and O–H groups in total. The van der Waals surface area contributed by atoms with E-state index in [2.05, 4.69) is 31.8 Å². The fourth-order valence-electron chi connectivity index (χ4n) is 2.82. The Morgan fingerprint density at radius 1 is 1.25 bits per heavy atom. The van der Waals surface area contributed by atoms with Gasteiger partial charge in [-0.25, -0.2) is 0 Å². The van der Waals surface area contributed by atoms with E-state index in [1.807, 2.05) is 25.1 Å². The average molecular weight is 379 g/mol. The maximum Gasteiger partial charge on any atom is 0.290 e. The predicted molar refractivity (Wildman–Crippen MR) is 108 cm³/mol. The summed E-state index contributed by atoms with van der Waals surface area (Å²) in [6, 6.07) is 12.6. The summed E-state index contributed by atoms with van der Waals surface area (Å²) in [6.07, 6.45) is 3.85. The van der Waals surface area contributed by atoms with Gasteiger partial charge in [-0.2, -0.15) is 0 Å². The highest BCUT2D eigenvalue weighted by Gasteiger charge is 2.20. The highest BCUT2D eigenvalue weighted by Crippen LogP contribution is 2.30. The van der Waals surface area contributed by atoms with Crippen LogP contribution in [0.3, 0.4) is 0 Å². The van der Waals surface area contributed by atoms with Crippen molar-refractivity contribution in [2.24, 2.45) is 0 Å². The molecule has 2 aromatic heterocycles. The minimum Gasteiger partial charge on any atom is -0.467 e. The monoisotopic (exact) mass is 379 g/mol. The minimum atomic E-state index is -0.342. The molecule has 0 spiro atoms. The summed E-state index contributed by atoms with van der Waals surface area (Å²) in [5.74, 6) is 1.88. The third-order valence-electron chi connectivity index (χ3n) is 4.49. The molecule has 1 unspecified atom stereocenters. The number of carbonyl (C=O) groups is 1. The normalized spacial score (nSPS) is 12.0. The van der Waals surface area contributed by atoms with Crippen molar-refractivity contribution >= 4 is 5.91 Å². The van der Waals surface area contributed by atoms with Crippen LogP contribution in [0.5, 0.6) is 11.7 Å². The molecule has 2 heterocycles. The van der Waals surface area contributed by atoms with E-state index in [0.717, 1.165) is 5.56 Å². The minimum absolute atomic E-state index is 0.174.